The number of pyridine rings is 1. The van der Waals surface area contributed by atoms with E-state index in [1.807, 2.05) is 32.0 Å². The van der Waals surface area contributed by atoms with E-state index in [0.717, 1.165) is 39.0 Å². The molecule has 0 unspecified atom stereocenters. The first-order valence-corrected chi connectivity index (χ1v) is 9.15. The predicted molar refractivity (Wildman–Crippen MR) is 112 cm³/mol. The van der Waals surface area contributed by atoms with Crippen LogP contribution in [-0.4, -0.2) is 18.1 Å². The number of benzene rings is 2. The number of rotatable bonds is 1. The smallest absolute Gasteiger partial charge is 0.156 e. The molecule has 1 atom stereocenters. The van der Waals surface area contributed by atoms with Crippen molar-refractivity contribution in [3.8, 4) is 0 Å². The number of hydrogen-bond acceptors (Lipinski definition) is 4. The van der Waals surface area contributed by atoms with Gasteiger partial charge in [-0.1, -0.05) is 12.1 Å². The third-order valence-corrected chi connectivity index (χ3v) is 5.55. The topological polar surface area (TPSA) is 32.5 Å². The second kappa shape index (κ2) is 5.49. The van der Waals surface area contributed by atoms with Crippen molar-refractivity contribution in [3.05, 3.63) is 59.4 Å². The van der Waals surface area contributed by atoms with Gasteiger partial charge in [-0.2, -0.15) is 0 Å². The number of fused-ring (bicyclic) bond motifs is 5. The fraction of sp³-hybridized carbons (Fsp3) is 0.261. The first kappa shape index (κ1) is 13.2. The van der Waals surface area contributed by atoms with Crippen molar-refractivity contribution in [1.82, 2.24) is 4.98 Å². The van der Waals surface area contributed by atoms with E-state index in [9.17, 15) is 0 Å². The van der Waals surface area contributed by atoms with E-state index in [1.54, 1.807) is 6.20 Å². The van der Waals surface area contributed by atoms with Crippen molar-refractivity contribution in [2.45, 2.75) is 33.9 Å². The van der Waals surface area contributed by atoms with Crippen molar-refractivity contribution in [3.63, 3.8) is 0 Å². The van der Waals surface area contributed by atoms with Crippen LogP contribution in [0.1, 0.15) is 27.9 Å². The highest BCUT2D eigenvalue weighted by Crippen LogP contribution is 2.50. The third kappa shape index (κ3) is 2.13. The van der Waals surface area contributed by atoms with Crippen LogP contribution in [-0.2, 0) is 0 Å². The fourth-order valence-electron chi connectivity index (χ4n) is 4.15. The number of aromatic nitrogens is 1. The molecule has 5 rings (SSSR count). The standard InChI is InChI=1S/C23H23N3O/c1-13-6-7-14(2)19(12-13)26-16(4)25(5)22-18(26)8-9-20-21(22)17-10-11-24-15(3)23(17)27-20/h6-12,16H,1-5H3/t16-/m0/s1/i5D3. The molecule has 0 saturated carbocycles. The van der Waals surface area contributed by atoms with Gasteiger partial charge in [-0.3, -0.25) is 4.98 Å². The minimum absolute atomic E-state index is 0.383. The van der Waals surface area contributed by atoms with Gasteiger partial charge >= 0.3 is 0 Å². The average molecular weight is 360 g/mol. The van der Waals surface area contributed by atoms with Crippen LogP contribution in [0.4, 0.5) is 17.1 Å². The molecule has 0 N–H and O–H groups in total. The van der Waals surface area contributed by atoms with E-state index < -0.39 is 6.98 Å². The molecule has 4 nitrogen and oxygen atoms in total. The summed E-state index contributed by atoms with van der Waals surface area (Å²) in [5.74, 6) is 0. The zero-order valence-electron chi connectivity index (χ0n) is 18.9. The predicted octanol–water partition coefficient (Wildman–Crippen LogP) is 5.84. The van der Waals surface area contributed by atoms with E-state index in [2.05, 4.69) is 41.9 Å². The Hall–Kier alpha value is -3.01. The number of furan rings is 1. The number of hydrogen-bond donors (Lipinski definition) is 0. The maximum Gasteiger partial charge on any atom is 0.156 e. The zero-order chi connectivity index (χ0) is 21.4. The molecule has 0 spiro atoms. The highest BCUT2D eigenvalue weighted by atomic mass is 16.3. The van der Waals surface area contributed by atoms with Crippen LogP contribution in [0.3, 0.4) is 0 Å². The number of nitrogens with zero attached hydrogens (tertiary/aromatic N) is 3. The molecule has 0 radical (unpaired) electrons. The summed E-state index contributed by atoms with van der Waals surface area (Å²) in [5, 5.41) is 1.71. The van der Waals surface area contributed by atoms with Crippen molar-refractivity contribution in [2.75, 3.05) is 16.8 Å². The normalized spacial score (nSPS) is 18.7. The highest BCUT2D eigenvalue weighted by molar-refractivity contribution is 6.16. The van der Waals surface area contributed by atoms with Gasteiger partial charge in [-0.25, -0.2) is 0 Å². The maximum absolute atomic E-state index is 8.31. The monoisotopic (exact) mass is 360 g/mol. The van der Waals surface area contributed by atoms with Gasteiger partial charge in [0, 0.05) is 28.4 Å². The summed E-state index contributed by atoms with van der Waals surface area (Å²) in [4.78, 5) is 7.99. The van der Waals surface area contributed by atoms with Gasteiger partial charge in [0.2, 0.25) is 0 Å². The van der Waals surface area contributed by atoms with E-state index >= 15 is 0 Å². The Morgan fingerprint density at radius 3 is 2.74 bits per heavy atom. The second-order valence-corrected chi connectivity index (χ2v) is 7.34. The Balaban J connectivity index is 1.89. The quantitative estimate of drug-likeness (QED) is 0.427. The summed E-state index contributed by atoms with van der Waals surface area (Å²) < 4.78 is 31.0. The molecule has 1 aliphatic heterocycles. The molecule has 0 saturated heterocycles. The Morgan fingerprint density at radius 2 is 1.93 bits per heavy atom. The van der Waals surface area contributed by atoms with Crippen LogP contribution >= 0.6 is 0 Å². The molecule has 0 aliphatic carbocycles. The lowest BCUT2D eigenvalue weighted by atomic mass is 10.1. The third-order valence-electron chi connectivity index (χ3n) is 5.55. The van der Waals surface area contributed by atoms with Crippen LogP contribution in [0.15, 0.2) is 47.0 Å². The Kier molecular flexibility index (Phi) is 2.69. The highest BCUT2D eigenvalue weighted by Gasteiger charge is 2.35. The molecule has 136 valence electrons. The largest absolute Gasteiger partial charge is 0.454 e. The van der Waals surface area contributed by atoms with Crippen molar-refractivity contribution >= 4 is 39.0 Å². The molecule has 3 heterocycles. The summed E-state index contributed by atoms with van der Waals surface area (Å²) in [6, 6.07) is 12.1. The van der Waals surface area contributed by atoms with Gasteiger partial charge in [0.25, 0.3) is 0 Å². The summed E-state index contributed by atoms with van der Waals surface area (Å²) in [7, 11) is 0. The van der Waals surface area contributed by atoms with Crippen molar-refractivity contribution < 1.29 is 8.53 Å². The zero-order valence-corrected chi connectivity index (χ0v) is 15.9. The van der Waals surface area contributed by atoms with Gasteiger partial charge in [0.15, 0.2) is 5.58 Å². The molecule has 4 heteroatoms. The van der Waals surface area contributed by atoms with Crippen molar-refractivity contribution in [2.24, 2.45) is 0 Å². The molecular formula is C23H23N3O. The first-order chi connectivity index (χ1) is 14.2. The van der Waals surface area contributed by atoms with Crippen molar-refractivity contribution in [1.29, 1.82) is 0 Å². The number of aryl methyl sites for hydroxylation is 3. The summed E-state index contributed by atoms with van der Waals surface area (Å²) >= 11 is 0. The Bertz CT molecular complexity index is 1310. The molecule has 0 fully saturated rings. The number of anilines is 3. The van der Waals surface area contributed by atoms with E-state index in [1.165, 1.54) is 4.90 Å². The lowest BCUT2D eigenvalue weighted by Gasteiger charge is -2.29. The molecule has 2 aromatic heterocycles. The molecule has 2 aromatic carbocycles. The Morgan fingerprint density at radius 1 is 1.07 bits per heavy atom. The minimum Gasteiger partial charge on any atom is -0.454 e. The molecule has 0 amide bonds. The molecule has 1 aliphatic rings. The lowest BCUT2D eigenvalue weighted by Crippen LogP contribution is -2.36. The van der Waals surface area contributed by atoms with Crippen LogP contribution in [0.5, 0.6) is 0 Å². The summed E-state index contributed by atoms with van der Waals surface area (Å²) in [5.41, 5.74) is 6.96. The van der Waals surface area contributed by atoms with Gasteiger partial charge < -0.3 is 14.2 Å². The average Bonchev–Trinajstić information content (AvgIpc) is 3.19. The van der Waals surface area contributed by atoms with Gasteiger partial charge in [0.1, 0.15) is 11.7 Å². The van der Waals surface area contributed by atoms with Gasteiger partial charge in [-0.05, 0) is 63.1 Å². The lowest BCUT2D eigenvalue weighted by molar-refractivity contribution is 0.663. The van der Waals surface area contributed by atoms with E-state index in [0.29, 0.717) is 16.9 Å². The Labute approximate surface area is 163 Å². The van der Waals surface area contributed by atoms with Gasteiger partial charge in [-0.15, -0.1) is 0 Å². The van der Waals surface area contributed by atoms with Gasteiger partial charge in [0.05, 0.1) is 22.5 Å². The first-order valence-electron chi connectivity index (χ1n) is 10.6. The molecule has 0 bridgehead atoms. The maximum atomic E-state index is 8.31. The van der Waals surface area contributed by atoms with E-state index in [4.69, 9.17) is 8.53 Å². The van der Waals surface area contributed by atoms with Crippen LogP contribution in [0.25, 0.3) is 21.9 Å². The summed E-state index contributed by atoms with van der Waals surface area (Å²) in [6.45, 7) is 5.64. The SMILES string of the molecule is [2H]C([2H])([2H])N1c2c(ccc3oc4c(C)nccc4c23)N(c2cc(C)ccc2C)[C@H]1C. The fourth-order valence-corrected chi connectivity index (χ4v) is 4.15. The minimum atomic E-state index is -2.30. The second-order valence-electron chi connectivity index (χ2n) is 7.34. The van der Waals surface area contributed by atoms with Crippen LogP contribution in [0, 0.1) is 20.8 Å². The van der Waals surface area contributed by atoms with Crippen LogP contribution in [0.2, 0.25) is 0 Å². The van der Waals surface area contributed by atoms with Crippen LogP contribution < -0.4 is 9.80 Å². The van der Waals surface area contributed by atoms with E-state index in [-0.39, 0.29) is 6.17 Å². The molecule has 27 heavy (non-hydrogen) atoms. The molecular weight excluding hydrogens is 334 g/mol. The molecule has 4 aromatic rings. The summed E-state index contributed by atoms with van der Waals surface area (Å²) in [6.07, 6.45) is 1.36.